The molecule has 0 radical (unpaired) electrons. The van der Waals surface area contributed by atoms with Crippen LogP contribution in [0.1, 0.15) is 44.9 Å². The maximum atomic E-state index is 10.6. The van der Waals surface area contributed by atoms with E-state index in [2.05, 4.69) is 4.90 Å². The zero-order valence-corrected chi connectivity index (χ0v) is 9.86. The molecule has 1 saturated carbocycles. The number of likely N-dealkylation sites (tertiary alicyclic amines) is 1. The molecule has 1 heterocycles. The summed E-state index contributed by atoms with van der Waals surface area (Å²) in [6, 6.07) is 0.716. The van der Waals surface area contributed by atoms with E-state index in [1.165, 1.54) is 32.4 Å². The first-order valence-corrected chi connectivity index (χ1v) is 6.46. The van der Waals surface area contributed by atoms with Gasteiger partial charge in [-0.05, 0) is 51.6 Å². The Kier molecular flexibility index (Phi) is 4.04. The maximum absolute atomic E-state index is 10.6. The summed E-state index contributed by atoms with van der Waals surface area (Å²) in [6.45, 7) is 2.51. The summed E-state index contributed by atoms with van der Waals surface area (Å²) >= 11 is 0. The molecule has 0 aromatic carbocycles. The van der Waals surface area contributed by atoms with E-state index in [9.17, 15) is 4.79 Å². The van der Waals surface area contributed by atoms with Crippen molar-refractivity contribution >= 4 is 6.09 Å². The van der Waals surface area contributed by atoms with Gasteiger partial charge < -0.3 is 15.4 Å². The van der Waals surface area contributed by atoms with Crippen molar-refractivity contribution in [3.8, 4) is 0 Å². The first-order valence-electron chi connectivity index (χ1n) is 6.46. The highest BCUT2D eigenvalue weighted by atomic mass is 16.6. The van der Waals surface area contributed by atoms with E-state index in [1.54, 1.807) is 0 Å². The van der Waals surface area contributed by atoms with Crippen molar-refractivity contribution in [2.24, 2.45) is 5.73 Å². The van der Waals surface area contributed by atoms with Crippen LogP contribution in [-0.2, 0) is 4.74 Å². The molecule has 2 N–H and O–H groups in total. The second kappa shape index (κ2) is 5.53. The van der Waals surface area contributed by atoms with E-state index in [0.717, 1.165) is 25.7 Å². The molecular weight excluding hydrogens is 204 g/mol. The molecule has 0 unspecified atom stereocenters. The van der Waals surface area contributed by atoms with Crippen molar-refractivity contribution in [3.05, 3.63) is 0 Å². The molecule has 2 aliphatic rings. The third-order valence-electron chi connectivity index (χ3n) is 3.83. The summed E-state index contributed by atoms with van der Waals surface area (Å²) in [7, 11) is 0. The minimum absolute atomic E-state index is 0.0681. The van der Waals surface area contributed by atoms with Crippen LogP contribution in [0.2, 0.25) is 0 Å². The molecule has 1 saturated heterocycles. The first kappa shape index (κ1) is 11.7. The van der Waals surface area contributed by atoms with Gasteiger partial charge in [-0.2, -0.15) is 0 Å². The van der Waals surface area contributed by atoms with Gasteiger partial charge in [0.25, 0.3) is 0 Å². The van der Waals surface area contributed by atoms with Crippen molar-refractivity contribution in [2.75, 3.05) is 13.1 Å². The Hall–Kier alpha value is -0.770. The van der Waals surface area contributed by atoms with Crippen LogP contribution in [0.25, 0.3) is 0 Å². The molecule has 1 aliphatic heterocycles. The van der Waals surface area contributed by atoms with Crippen molar-refractivity contribution in [3.63, 3.8) is 0 Å². The van der Waals surface area contributed by atoms with E-state index in [0.29, 0.717) is 6.04 Å². The van der Waals surface area contributed by atoms with Gasteiger partial charge >= 0.3 is 6.09 Å². The topological polar surface area (TPSA) is 55.6 Å². The lowest BCUT2D eigenvalue weighted by molar-refractivity contribution is 0.0472. The lowest BCUT2D eigenvalue weighted by Gasteiger charge is -2.38. The van der Waals surface area contributed by atoms with Crippen LogP contribution in [0, 0.1) is 0 Å². The van der Waals surface area contributed by atoms with Gasteiger partial charge in [-0.3, -0.25) is 0 Å². The quantitative estimate of drug-likeness (QED) is 0.782. The minimum Gasteiger partial charge on any atom is -0.446 e. The second-order valence-corrected chi connectivity index (χ2v) is 4.96. The number of hydrogen-bond donors (Lipinski definition) is 1. The van der Waals surface area contributed by atoms with Crippen LogP contribution in [0.3, 0.4) is 0 Å². The van der Waals surface area contributed by atoms with Crippen LogP contribution in [0.4, 0.5) is 4.79 Å². The van der Waals surface area contributed by atoms with Crippen LogP contribution in [0.15, 0.2) is 0 Å². The van der Waals surface area contributed by atoms with Crippen LogP contribution >= 0.6 is 0 Å². The molecule has 2 fully saturated rings. The predicted octanol–water partition coefficient (Wildman–Crippen LogP) is 1.88. The first-order chi connectivity index (χ1) is 7.75. The molecule has 16 heavy (non-hydrogen) atoms. The normalized spacial score (nSPS) is 32.2. The summed E-state index contributed by atoms with van der Waals surface area (Å²) < 4.78 is 5.05. The predicted molar refractivity (Wildman–Crippen MR) is 62.1 cm³/mol. The van der Waals surface area contributed by atoms with E-state index in [4.69, 9.17) is 10.5 Å². The Labute approximate surface area is 97.1 Å². The highest BCUT2D eigenvalue weighted by Gasteiger charge is 2.27. The standard InChI is InChI=1S/C12H22N2O2/c13-12(15)16-11-6-4-10(5-7-11)14-8-2-1-3-9-14/h10-11H,1-9H2,(H2,13,15)/t10-,11-. The second-order valence-electron chi connectivity index (χ2n) is 4.96. The molecule has 0 aromatic rings. The van der Waals surface area contributed by atoms with Crippen LogP contribution < -0.4 is 5.73 Å². The van der Waals surface area contributed by atoms with E-state index < -0.39 is 6.09 Å². The molecule has 0 bridgehead atoms. The number of amides is 1. The van der Waals surface area contributed by atoms with Gasteiger partial charge in [0, 0.05) is 6.04 Å². The molecule has 2 rings (SSSR count). The average Bonchev–Trinajstić information content (AvgIpc) is 2.30. The fourth-order valence-electron chi connectivity index (χ4n) is 2.98. The molecule has 4 nitrogen and oxygen atoms in total. The Morgan fingerprint density at radius 3 is 2.25 bits per heavy atom. The number of piperidine rings is 1. The van der Waals surface area contributed by atoms with Crippen molar-refractivity contribution in [2.45, 2.75) is 57.1 Å². The highest BCUT2D eigenvalue weighted by Crippen LogP contribution is 2.27. The number of ether oxygens (including phenoxy) is 1. The van der Waals surface area contributed by atoms with Gasteiger partial charge in [-0.15, -0.1) is 0 Å². The Morgan fingerprint density at radius 2 is 1.69 bits per heavy atom. The van der Waals surface area contributed by atoms with E-state index in [1.807, 2.05) is 0 Å². The number of rotatable bonds is 2. The van der Waals surface area contributed by atoms with Gasteiger partial charge in [0.2, 0.25) is 0 Å². The van der Waals surface area contributed by atoms with Crippen LogP contribution in [0.5, 0.6) is 0 Å². The lowest BCUT2D eigenvalue weighted by atomic mass is 9.90. The van der Waals surface area contributed by atoms with Crippen LogP contribution in [-0.4, -0.2) is 36.2 Å². The number of hydrogen-bond acceptors (Lipinski definition) is 3. The number of nitrogens with two attached hydrogens (primary N) is 1. The largest absolute Gasteiger partial charge is 0.446 e. The summed E-state index contributed by atoms with van der Waals surface area (Å²) in [5, 5.41) is 0. The van der Waals surface area contributed by atoms with Gasteiger partial charge in [0.05, 0.1) is 0 Å². The smallest absolute Gasteiger partial charge is 0.404 e. The monoisotopic (exact) mass is 226 g/mol. The average molecular weight is 226 g/mol. The maximum Gasteiger partial charge on any atom is 0.404 e. The molecule has 0 spiro atoms. The zero-order valence-electron chi connectivity index (χ0n) is 9.86. The Balaban J connectivity index is 1.73. The van der Waals surface area contributed by atoms with Crippen molar-refractivity contribution in [1.29, 1.82) is 0 Å². The number of primary amides is 1. The SMILES string of the molecule is NC(=O)O[C@H]1CC[C@H](N2CCCCC2)CC1. The summed E-state index contributed by atoms with van der Waals surface area (Å²) in [6.07, 6.45) is 7.77. The highest BCUT2D eigenvalue weighted by molar-refractivity contribution is 5.64. The number of nitrogens with zero attached hydrogens (tertiary/aromatic N) is 1. The van der Waals surface area contributed by atoms with Gasteiger partial charge in [0.1, 0.15) is 6.10 Å². The van der Waals surface area contributed by atoms with Gasteiger partial charge in [-0.25, -0.2) is 4.79 Å². The summed E-state index contributed by atoms with van der Waals surface area (Å²) in [5.74, 6) is 0. The summed E-state index contributed by atoms with van der Waals surface area (Å²) in [5.41, 5.74) is 5.03. The third kappa shape index (κ3) is 3.11. The third-order valence-corrected chi connectivity index (χ3v) is 3.83. The number of carbonyl (C=O) groups excluding carboxylic acids is 1. The minimum atomic E-state index is -0.624. The number of carbonyl (C=O) groups is 1. The van der Waals surface area contributed by atoms with E-state index >= 15 is 0 Å². The fraction of sp³-hybridized carbons (Fsp3) is 0.917. The fourth-order valence-corrected chi connectivity index (χ4v) is 2.98. The van der Waals surface area contributed by atoms with Crippen molar-refractivity contribution in [1.82, 2.24) is 4.90 Å². The van der Waals surface area contributed by atoms with E-state index in [-0.39, 0.29) is 6.10 Å². The molecule has 92 valence electrons. The molecule has 1 aliphatic carbocycles. The Morgan fingerprint density at radius 1 is 1.06 bits per heavy atom. The van der Waals surface area contributed by atoms with Crippen molar-refractivity contribution < 1.29 is 9.53 Å². The lowest BCUT2D eigenvalue weighted by Crippen LogP contribution is -2.42. The Bertz CT molecular complexity index is 231. The molecule has 0 atom stereocenters. The molecule has 1 amide bonds. The molecule has 4 heteroatoms. The van der Waals surface area contributed by atoms with Gasteiger partial charge in [0.15, 0.2) is 0 Å². The van der Waals surface area contributed by atoms with Gasteiger partial charge in [-0.1, -0.05) is 6.42 Å². The molecular formula is C12H22N2O2. The summed E-state index contributed by atoms with van der Waals surface area (Å²) in [4.78, 5) is 13.3. The molecule has 0 aromatic heterocycles. The zero-order chi connectivity index (χ0) is 11.4.